The fourth-order valence-corrected chi connectivity index (χ4v) is 2.73. The highest BCUT2D eigenvalue weighted by molar-refractivity contribution is 7.71. The van der Waals surface area contributed by atoms with Gasteiger partial charge in [-0.05, 0) is 61.5 Å². The first kappa shape index (κ1) is 12.1. The zero-order valence-corrected chi connectivity index (χ0v) is 11.5. The monoisotopic (exact) mass is 272 g/mol. The first-order chi connectivity index (χ1) is 9.04. The van der Waals surface area contributed by atoms with Gasteiger partial charge in [0.2, 0.25) is 0 Å². The number of imidazole rings is 1. The van der Waals surface area contributed by atoms with E-state index in [1.807, 2.05) is 30.5 Å². The first-order valence-corrected chi connectivity index (χ1v) is 6.44. The Labute approximate surface area is 115 Å². The zero-order valence-electron chi connectivity index (χ0n) is 10.7. The van der Waals surface area contributed by atoms with Gasteiger partial charge in [0.25, 0.3) is 0 Å². The standard InChI is InChI=1S/C15H13FN2S/c1-9-5-10(2)7-12(6-9)18-14-8-11(16)3-4-13(14)17-15(18)19/h3-8H,1-2H3,(H,17,19). The van der Waals surface area contributed by atoms with Crippen LogP contribution >= 0.6 is 12.2 Å². The Kier molecular flexibility index (Phi) is 2.75. The van der Waals surface area contributed by atoms with E-state index < -0.39 is 0 Å². The molecule has 0 radical (unpaired) electrons. The van der Waals surface area contributed by atoms with Crippen LogP contribution in [-0.2, 0) is 0 Å². The fraction of sp³-hybridized carbons (Fsp3) is 0.133. The Morgan fingerprint density at radius 3 is 2.42 bits per heavy atom. The van der Waals surface area contributed by atoms with Gasteiger partial charge in [0, 0.05) is 11.8 Å². The lowest BCUT2D eigenvalue weighted by atomic mass is 10.1. The normalized spacial score (nSPS) is 11.1. The predicted molar refractivity (Wildman–Crippen MR) is 77.9 cm³/mol. The topological polar surface area (TPSA) is 20.7 Å². The van der Waals surface area contributed by atoms with E-state index in [2.05, 4.69) is 11.1 Å². The van der Waals surface area contributed by atoms with Gasteiger partial charge in [-0.3, -0.25) is 4.57 Å². The van der Waals surface area contributed by atoms with Gasteiger partial charge in [-0.15, -0.1) is 0 Å². The highest BCUT2D eigenvalue weighted by Gasteiger charge is 2.08. The van der Waals surface area contributed by atoms with E-state index in [4.69, 9.17) is 12.2 Å². The third-order valence-electron chi connectivity index (χ3n) is 3.11. The Morgan fingerprint density at radius 1 is 1.05 bits per heavy atom. The van der Waals surface area contributed by atoms with Gasteiger partial charge in [0.1, 0.15) is 5.82 Å². The summed E-state index contributed by atoms with van der Waals surface area (Å²) in [5.41, 5.74) is 4.87. The van der Waals surface area contributed by atoms with Crippen molar-refractivity contribution in [1.82, 2.24) is 9.55 Å². The summed E-state index contributed by atoms with van der Waals surface area (Å²) in [4.78, 5) is 3.10. The highest BCUT2D eigenvalue weighted by Crippen LogP contribution is 2.22. The Hall–Kier alpha value is -1.94. The molecule has 3 rings (SSSR count). The Bertz CT molecular complexity index is 810. The number of nitrogens with zero attached hydrogens (tertiary/aromatic N) is 1. The van der Waals surface area contributed by atoms with Gasteiger partial charge in [-0.25, -0.2) is 4.39 Å². The number of rotatable bonds is 1. The number of hydrogen-bond donors (Lipinski definition) is 1. The molecular formula is C15H13FN2S. The number of aryl methyl sites for hydroxylation is 2. The molecule has 1 N–H and O–H groups in total. The van der Waals surface area contributed by atoms with Gasteiger partial charge >= 0.3 is 0 Å². The minimum Gasteiger partial charge on any atom is -0.330 e. The third-order valence-corrected chi connectivity index (χ3v) is 3.39. The van der Waals surface area contributed by atoms with E-state index in [1.54, 1.807) is 6.07 Å². The van der Waals surface area contributed by atoms with Crippen LogP contribution < -0.4 is 0 Å². The molecule has 0 aliphatic heterocycles. The molecule has 0 saturated heterocycles. The number of hydrogen-bond acceptors (Lipinski definition) is 1. The molecule has 0 spiro atoms. The van der Waals surface area contributed by atoms with Crippen molar-refractivity contribution in [3.05, 3.63) is 58.1 Å². The molecule has 0 fully saturated rings. The second-order valence-electron chi connectivity index (χ2n) is 4.77. The largest absolute Gasteiger partial charge is 0.330 e. The second-order valence-corrected chi connectivity index (χ2v) is 5.16. The van der Waals surface area contributed by atoms with E-state index >= 15 is 0 Å². The third kappa shape index (κ3) is 2.08. The summed E-state index contributed by atoms with van der Waals surface area (Å²) in [5.74, 6) is -0.264. The van der Waals surface area contributed by atoms with Crippen LogP contribution in [0.15, 0.2) is 36.4 Å². The van der Waals surface area contributed by atoms with Crippen molar-refractivity contribution in [3.63, 3.8) is 0 Å². The minimum absolute atomic E-state index is 0.264. The van der Waals surface area contributed by atoms with Crippen LogP contribution in [0.4, 0.5) is 4.39 Å². The maximum absolute atomic E-state index is 13.4. The fourth-order valence-electron chi connectivity index (χ4n) is 2.41. The summed E-state index contributed by atoms with van der Waals surface area (Å²) < 4.78 is 15.9. The molecule has 0 aliphatic carbocycles. The van der Waals surface area contributed by atoms with Crippen LogP contribution in [-0.4, -0.2) is 9.55 Å². The maximum atomic E-state index is 13.4. The predicted octanol–water partition coefficient (Wildman–Crippen LogP) is 4.44. The molecular weight excluding hydrogens is 259 g/mol. The van der Waals surface area contributed by atoms with Gasteiger partial charge < -0.3 is 4.98 Å². The molecule has 96 valence electrons. The minimum atomic E-state index is -0.264. The second kappa shape index (κ2) is 4.31. The van der Waals surface area contributed by atoms with Crippen LogP contribution in [0.5, 0.6) is 0 Å². The number of nitrogens with one attached hydrogen (secondary N) is 1. The first-order valence-electron chi connectivity index (χ1n) is 6.03. The van der Waals surface area contributed by atoms with Crippen molar-refractivity contribution in [1.29, 1.82) is 0 Å². The number of aromatic nitrogens is 2. The van der Waals surface area contributed by atoms with Crippen LogP contribution in [0.1, 0.15) is 11.1 Å². The van der Waals surface area contributed by atoms with Crippen molar-refractivity contribution in [3.8, 4) is 5.69 Å². The lowest BCUT2D eigenvalue weighted by Gasteiger charge is -2.07. The van der Waals surface area contributed by atoms with Crippen molar-refractivity contribution in [2.24, 2.45) is 0 Å². The number of H-pyrrole nitrogens is 1. The zero-order chi connectivity index (χ0) is 13.6. The maximum Gasteiger partial charge on any atom is 0.182 e. The average molecular weight is 272 g/mol. The Morgan fingerprint density at radius 2 is 1.74 bits per heavy atom. The van der Waals surface area contributed by atoms with Crippen molar-refractivity contribution < 1.29 is 4.39 Å². The SMILES string of the molecule is Cc1cc(C)cc(-n2c(=S)[nH]c3ccc(F)cc32)c1. The summed E-state index contributed by atoms with van der Waals surface area (Å²) in [5, 5.41) is 0. The van der Waals surface area contributed by atoms with Crippen LogP contribution in [0.3, 0.4) is 0 Å². The van der Waals surface area contributed by atoms with Crippen molar-refractivity contribution >= 4 is 23.3 Å². The van der Waals surface area contributed by atoms with E-state index in [0.717, 1.165) is 27.8 Å². The van der Waals surface area contributed by atoms with Crippen LogP contribution in [0.2, 0.25) is 0 Å². The van der Waals surface area contributed by atoms with Crippen molar-refractivity contribution in [2.75, 3.05) is 0 Å². The summed E-state index contributed by atoms with van der Waals surface area (Å²) in [6, 6.07) is 10.8. The Balaban J connectivity index is 2.38. The van der Waals surface area contributed by atoms with Gasteiger partial charge in [0.15, 0.2) is 4.77 Å². The number of fused-ring (bicyclic) bond motifs is 1. The molecule has 4 heteroatoms. The smallest absolute Gasteiger partial charge is 0.182 e. The van der Waals surface area contributed by atoms with E-state index in [1.165, 1.54) is 12.1 Å². The van der Waals surface area contributed by atoms with Gasteiger partial charge in [-0.1, -0.05) is 6.07 Å². The molecule has 19 heavy (non-hydrogen) atoms. The van der Waals surface area contributed by atoms with Crippen molar-refractivity contribution in [2.45, 2.75) is 13.8 Å². The van der Waals surface area contributed by atoms with E-state index in [9.17, 15) is 4.39 Å². The summed E-state index contributed by atoms with van der Waals surface area (Å²) in [7, 11) is 0. The molecule has 1 aromatic heterocycles. The van der Waals surface area contributed by atoms with E-state index in [-0.39, 0.29) is 5.82 Å². The van der Waals surface area contributed by atoms with Crippen LogP contribution in [0.25, 0.3) is 16.7 Å². The summed E-state index contributed by atoms with van der Waals surface area (Å²) in [6.07, 6.45) is 0. The van der Waals surface area contributed by atoms with E-state index in [0.29, 0.717) is 4.77 Å². The molecule has 3 aromatic rings. The molecule has 0 bridgehead atoms. The molecule has 0 aliphatic rings. The number of halogens is 1. The quantitative estimate of drug-likeness (QED) is 0.649. The number of aromatic amines is 1. The molecule has 0 unspecified atom stereocenters. The lowest BCUT2D eigenvalue weighted by Crippen LogP contribution is -1.95. The summed E-state index contributed by atoms with van der Waals surface area (Å²) in [6.45, 7) is 4.07. The molecule has 0 atom stereocenters. The number of benzene rings is 2. The summed E-state index contributed by atoms with van der Waals surface area (Å²) >= 11 is 5.35. The average Bonchev–Trinajstić information content (AvgIpc) is 2.63. The molecule has 1 heterocycles. The molecule has 0 saturated carbocycles. The van der Waals surface area contributed by atoms with Gasteiger partial charge in [0.05, 0.1) is 11.0 Å². The molecule has 0 amide bonds. The lowest BCUT2D eigenvalue weighted by molar-refractivity contribution is 0.629. The molecule has 2 nitrogen and oxygen atoms in total. The highest BCUT2D eigenvalue weighted by atomic mass is 32.1. The molecule has 2 aromatic carbocycles. The van der Waals surface area contributed by atoms with Gasteiger partial charge in [-0.2, -0.15) is 0 Å². The van der Waals surface area contributed by atoms with Crippen LogP contribution in [0, 0.1) is 24.4 Å².